The fourth-order valence-electron chi connectivity index (χ4n) is 3.38. The molecule has 1 heterocycles. The van der Waals surface area contributed by atoms with E-state index in [4.69, 9.17) is 9.84 Å². The molecule has 2 aliphatic rings. The van der Waals surface area contributed by atoms with Crippen LogP contribution >= 0.6 is 0 Å². The van der Waals surface area contributed by atoms with Gasteiger partial charge in [-0.2, -0.15) is 0 Å². The first-order chi connectivity index (χ1) is 10.7. The predicted molar refractivity (Wildman–Crippen MR) is 84.0 cm³/mol. The first-order valence-corrected chi connectivity index (χ1v) is 7.97. The molecular formula is C17H24N2O3. The maximum absolute atomic E-state index is 13.0. The summed E-state index contributed by atoms with van der Waals surface area (Å²) in [5, 5.41) is 9.00. The summed E-state index contributed by atoms with van der Waals surface area (Å²) in [6.45, 7) is 4.05. The molecule has 1 aromatic carbocycles. The highest BCUT2D eigenvalue weighted by molar-refractivity contribution is 5.92. The monoisotopic (exact) mass is 304 g/mol. The normalized spacial score (nSPS) is 20.7. The number of aliphatic hydroxyl groups excluding tert-OH is 1. The molecule has 0 aromatic heterocycles. The molecule has 1 N–H and O–H groups in total. The van der Waals surface area contributed by atoms with Crippen molar-refractivity contribution in [2.45, 2.75) is 18.3 Å². The maximum atomic E-state index is 13.0. The fourth-order valence-corrected chi connectivity index (χ4v) is 3.38. The van der Waals surface area contributed by atoms with Gasteiger partial charge in [0.1, 0.15) is 5.75 Å². The summed E-state index contributed by atoms with van der Waals surface area (Å²) in [4.78, 5) is 17.2. The molecule has 1 saturated heterocycles. The van der Waals surface area contributed by atoms with Gasteiger partial charge in [-0.1, -0.05) is 18.2 Å². The second-order valence-corrected chi connectivity index (χ2v) is 6.14. The van der Waals surface area contributed by atoms with Crippen LogP contribution in [-0.4, -0.2) is 67.3 Å². The molecule has 1 aromatic rings. The Morgan fingerprint density at radius 2 is 1.91 bits per heavy atom. The molecule has 120 valence electrons. The molecule has 1 amide bonds. The third-order valence-corrected chi connectivity index (χ3v) is 4.86. The van der Waals surface area contributed by atoms with E-state index in [1.54, 1.807) is 7.11 Å². The Kier molecular flexibility index (Phi) is 4.36. The summed E-state index contributed by atoms with van der Waals surface area (Å²) >= 11 is 0. The molecule has 0 bridgehead atoms. The predicted octanol–water partition coefficient (Wildman–Crippen LogP) is 0.863. The van der Waals surface area contributed by atoms with E-state index in [2.05, 4.69) is 4.90 Å². The van der Waals surface area contributed by atoms with Crippen molar-refractivity contribution in [3.8, 4) is 5.75 Å². The Balaban J connectivity index is 1.72. The van der Waals surface area contributed by atoms with E-state index < -0.39 is 0 Å². The van der Waals surface area contributed by atoms with E-state index in [0.717, 1.165) is 50.3 Å². The molecule has 0 atom stereocenters. The second-order valence-electron chi connectivity index (χ2n) is 6.14. The lowest BCUT2D eigenvalue weighted by Crippen LogP contribution is -2.52. The first-order valence-electron chi connectivity index (χ1n) is 7.97. The lowest BCUT2D eigenvalue weighted by molar-refractivity contribution is -0.135. The Bertz CT molecular complexity index is 534. The van der Waals surface area contributed by atoms with Crippen molar-refractivity contribution < 1.29 is 14.6 Å². The minimum Gasteiger partial charge on any atom is -0.496 e. The molecule has 0 radical (unpaired) electrons. The minimum absolute atomic E-state index is 0.180. The van der Waals surface area contributed by atoms with Gasteiger partial charge in [-0.05, 0) is 18.9 Å². The van der Waals surface area contributed by atoms with Crippen LogP contribution in [0.3, 0.4) is 0 Å². The van der Waals surface area contributed by atoms with Crippen molar-refractivity contribution in [2.75, 3.05) is 46.4 Å². The lowest BCUT2D eigenvalue weighted by Gasteiger charge is -2.36. The Labute approximate surface area is 131 Å². The van der Waals surface area contributed by atoms with Crippen molar-refractivity contribution in [3.05, 3.63) is 29.8 Å². The molecule has 22 heavy (non-hydrogen) atoms. The van der Waals surface area contributed by atoms with Gasteiger partial charge in [0.25, 0.3) is 0 Å². The molecule has 1 aliphatic heterocycles. The highest BCUT2D eigenvalue weighted by atomic mass is 16.5. The lowest BCUT2D eigenvalue weighted by atomic mass is 9.93. The summed E-state index contributed by atoms with van der Waals surface area (Å²) in [7, 11) is 1.66. The van der Waals surface area contributed by atoms with E-state index in [1.165, 1.54) is 0 Å². The maximum Gasteiger partial charge on any atom is 0.233 e. The topological polar surface area (TPSA) is 53.0 Å². The van der Waals surface area contributed by atoms with Crippen molar-refractivity contribution in [2.24, 2.45) is 0 Å². The zero-order valence-corrected chi connectivity index (χ0v) is 13.1. The van der Waals surface area contributed by atoms with Gasteiger partial charge in [0, 0.05) is 38.3 Å². The van der Waals surface area contributed by atoms with Crippen LogP contribution in [0.4, 0.5) is 0 Å². The van der Waals surface area contributed by atoms with Crippen LogP contribution < -0.4 is 4.74 Å². The van der Waals surface area contributed by atoms with Crippen LogP contribution in [0.2, 0.25) is 0 Å². The number of methoxy groups -OCH3 is 1. The molecular weight excluding hydrogens is 280 g/mol. The zero-order chi connectivity index (χ0) is 15.6. The molecule has 2 fully saturated rings. The number of carbonyl (C=O) groups excluding carboxylic acids is 1. The Hall–Kier alpha value is -1.59. The first kappa shape index (κ1) is 15.3. The standard InChI is InChI=1S/C17H24N2O3/c1-22-15-5-3-2-4-14(15)17(6-7-17)16(21)19-10-8-18(9-11-19)12-13-20/h2-5,20H,6-13H2,1H3. The van der Waals surface area contributed by atoms with Crippen LogP contribution in [0.1, 0.15) is 18.4 Å². The van der Waals surface area contributed by atoms with E-state index in [1.807, 2.05) is 29.2 Å². The van der Waals surface area contributed by atoms with Gasteiger partial charge in [0.2, 0.25) is 5.91 Å². The van der Waals surface area contributed by atoms with Gasteiger partial charge in [-0.15, -0.1) is 0 Å². The number of aliphatic hydroxyl groups is 1. The van der Waals surface area contributed by atoms with Gasteiger partial charge < -0.3 is 14.7 Å². The highest BCUT2D eigenvalue weighted by Gasteiger charge is 2.54. The fraction of sp³-hybridized carbons (Fsp3) is 0.588. The highest BCUT2D eigenvalue weighted by Crippen LogP contribution is 2.52. The van der Waals surface area contributed by atoms with E-state index >= 15 is 0 Å². The Morgan fingerprint density at radius 1 is 1.23 bits per heavy atom. The van der Waals surface area contributed by atoms with Crippen molar-refractivity contribution in [1.29, 1.82) is 0 Å². The summed E-state index contributed by atoms with van der Waals surface area (Å²) in [6, 6.07) is 7.87. The summed E-state index contributed by atoms with van der Waals surface area (Å²) < 4.78 is 5.45. The molecule has 1 saturated carbocycles. The SMILES string of the molecule is COc1ccccc1C1(C(=O)N2CCN(CCO)CC2)CC1. The smallest absolute Gasteiger partial charge is 0.233 e. The molecule has 5 heteroatoms. The number of nitrogens with zero attached hydrogens (tertiary/aromatic N) is 2. The van der Waals surface area contributed by atoms with Crippen LogP contribution in [-0.2, 0) is 10.2 Å². The van der Waals surface area contributed by atoms with Crippen molar-refractivity contribution in [3.63, 3.8) is 0 Å². The average Bonchev–Trinajstić information content (AvgIpc) is 3.37. The number of β-amino-alcohol motifs (C(OH)–C–C–N with tert-alkyl or cyclic N) is 1. The number of benzene rings is 1. The molecule has 5 nitrogen and oxygen atoms in total. The van der Waals surface area contributed by atoms with Gasteiger partial charge >= 0.3 is 0 Å². The van der Waals surface area contributed by atoms with Crippen molar-refractivity contribution in [1.82, 2.24) is 9.80 Å². The number of para-hydroxylation sites is 1. The largest absolute Gasteiger partial charge is 0.496 e. The van der Waals surface area contributed by atoms with Crippen LogP contribution in [0.5, 0.6) is 5.75 Å². The average molecular weight is 304 g/mol. The van der Waals surface area contributed by atoms with Crippen molar-refractivity contribution >= 4 is 5.91 Å². The number of piperazine rings is 1. The van der Waals surface area contributed by atoms with Gasteiger partial charge in [-0.25, -0.2) is 0 Å². The number of hydrogen-bond acceptors (Lipinski definition) is 4. The third-order valence-electron chi connectivity index (χ3n) is 4.86. The quantitative estimate of drug-likeness (QED) is 0.877. The van der Waals surface area contributed by atoms with E-state index in [9.17, 15) is 4.79 Å². The van der Waals surface area contributed by atoms with Gasteiger partial charge in [0.15, 0.2) is 0 Å². The number of hydrogen-bond donors (Lipinski definition) is 1. The third kappa shape index (κ3) is 2.71. The second kappa shape index (κ2) is 6.26. The van der Waals surface area contributed by atoms with Gasteiger partial charge in [0.05, 0.1) is 19.1 Å². The van der Waals surface area contributed by atoms with Crippen LogP contribution in [0, 0.1) is 0 Å². The Morgan fingerprint density at radius 3 is 2.50 bits per heavy atom. The number of carbonyl (C=O) groups is 1. The van der Waals surface area contributed by atoms with Crippen LogP contribution in [0.25, 0.3) is 0 Å². The molecule has 1 aliphatic carbocycles. The minimum atomic E-state index is -0.369. The summed E-state index contributed by atoms with van der Waals surface area (Å²) in [6.07, 6.45) is 1.81. The van der Waals surface area contributed by atoms with E-state index in [-0.39, 0.29) is 17.9 Å². The molecule has 0 spiro atoms. The summed E-state index contributed by atoms with van der Waals surface area (Å²) in [5.74, 6) is 1.05. The van der Waals surface area contributed by atoms with E-state index in [0.29, 0.717) is 6.54 Å². The molecule has 3 rings (SSSR count). The zero-order valence-electron chi connectivity index (χ0n) is 13.1. The number of rotatable bonds is 5. The number of amides is 1. The van der Waals surface area contributed by atoms with Gasteiger partial charge in [-0.3, -0.25) is 9.69 Å². The molecule has 0 unspecified atom stereocenters. The van der Waals surface area contributed by atoms with Crippen LogP contribution in [0.15, 0.2) is 24.3 Å². The summed E-state index contributed by atoms with van der Waals surface area (Å²) in [5.41, 5.74) is 0.659. The number of ether oxygens (including phenoxy) is 1.